The molecule has 1 saturated heterocycles. The van der Waals surface area contributed by atoms with Gasteiger partial charge in [-0.1, -0.05) is 13.8 Å². The molecule has 0 aromatic carbocycles. The van der Waals surface area contributed by atoms with E-state index < -0.39 is 5.60 Å². The Morgan fingerprint density at radius 3 is 2.70 bits per heavy atom. The minimum Gasteiger partial charge on any atom is -0.390 e. The zero-order valence-corrected chi connectivity index (χ0v) is 14.7. The molecule has 5 rings (SSSR count). The summed E-state index contributed by atoms with van der Waals surface area (Å²) in [5, 5.41) is 11.0. The average Bonchev–Trinajstić information content (AvgIpc) is 3.15. The SMILES string of the molecule is C[C@@H]1C[C@]23O[C@H]2C(=O)CC[C@H]3[C@@H]2CC[C@@]3(C)[C@@H](CC[C@]3(C)O)[C@@H]21. The Labute approximate surface area is 139 Å². The monoisotopic (exact) mass is 318 g/mol. The molecule has 0 radical (unpaired) electrons. The van der Waals surface area contributed by atoms with E-state index in [1.165, 1.54) is 12.8 Å². The van der Waals surface area contributed by atoms with E-state index >= 15 is 0 Å². The number of aliphatic hydroxyl groups is 1. The predicted molar refractivity (Wildman–Crippen MR) is 86.8 cm³/mol. The number of ether oxygens (including phenoxy) is 1. The molecule has 23 heavy (non-hydrogen) atoms. The number of hydrogen-bond donors (Lipinski definition) is 1. The van der Waals surface area contributed by atoms with Crippen LogP contribution in [0.5, 0.6) is 0 Å². The smallest absolute Gasteiger partial charge is 0.164 e. The summed E-state index contributed by atoms with van der Waals surface area (Å²) in [5.41, 5.74) is -0.495. The van der Waals surface area contributed by atoms with Crippen molar-refractivity contribution in [2.45, 2.75) is 83.0 Å². The van der Waals surface area contributed by atoms with Gasteiger partial charge in [0.2, 0.25) is 0 Å². The molecule has 128 valence electrons. The number of hydrogen-bond acceptors (Lipinski definition) is 3. The molecule has 0 bridgehead atoms. The molecular weight excluding hydrogens is 288 g/mol. The van der Waals surface area contributed by atoms with Crippen molar-refractivity contribution in [2.75, 3.05) is 0 Å². The first-order chi connectivity index (χ1) is 10.8. The van der Waals surface area contributed by atoms with Gasteiger partial charge in [-0.15, -0.1) is 0 Å². The normalized spacial score (nSPS) is 63.7. The van der Waals surface area contributed by atoms with Crippen molar-refractivity contribution < 1.29 is 14.6 Å². The third-order valence-electron chi connectivity index (χ3n) is 9.11. The van der Waals surface area contributed by atoms with E-state index in [-0.39, 0.29) is 17.1 Å². The van der Waals surface area contributed by atoms with Crippen molar-refractivity contribution in [2.24, 2.45) is 35.0 Å². The molecule has 1 aliphatic heterocycles. The minimum atomic E-state index is -0.501. The van der Waals surface area contributed by atoms with E-state index in [1.54, 1.807) is 0 Å². The van der Waals surface area contributed by atoms with Gasteiger partial charge < -0.3 is 9.84 Å². The largest absolute Gasteiger partial charge is 0.390 e. The molecule has 1 N–H and O–H groups in total. The van der Waals surface area contributed by atoms with E-state index in [0.717, 1.165) is 38.0 Å². The second-order valence-electron chi connectivity index (χ2n) is 9.86. The summed E-state index contributed by atoms with van der Waals surface area (Å²) in [4.78, 5) is 12.1. The van der Waals surface area contributed by atoms with Gasteiger partial charge >= 0.3 is 0 Å². The van der Waals surface area contributed by atoms with Crippen molar-refractivity contribution in [1.82, 2.24) is 0 Å². The van der Waals surface area contributed by atoms with Crippen LogP contribution in [0.3, 0.4) is 0 Å². The highest BCUT2D eigenvalue weighted by Gasteiger charge is 2.73. The summed E-state index contributed by atoms with van der Waals surface area (Å²) >= 11 is 0. The highest BCUT2D eigenvalue weighted by atomic mass is 16.6. The van der Waals surface area contributed by atoms with Crippen LogP contribution in [0.4, 0.5) is 0 Å². The zero-order valence-electron chi connectivity index (χ0n) is 14.7. The molecule has 4 aliphatic carbocycles. The fourth-order valence-corrected chi connectivity index (χ4v) is 7.76. The first-order valence-electron chi connectivity index (χ1n) is 9.73. The van der Waals surface area contributed by atoms with Crippen molar-refractivity contribution in [3.63, 3.8) is 0 Å². The Balaban J connectivity index is 1.51. The first-order valence-corrected chi connectivity index (χ1v) is 9.73. The number of carbonyl (C=O) groups excluding carboxylic acids is 1. The van der Waals surface area contributed by atoms with Crippen molar-refractivity contribution in [1.29, 1.82) is 0 Å². The van der Waals surface area contributed by atoms with Gasteiger partial charge in [-0.3, -0.25) is 4.79 Å². The molecule has 5 aliphatic rings. The molecule has 4 saturated carbocycles. The summed E-state index contributed by atoms with van der Waals surface area (Å²) in [7, 11) is 0. The molecule has 0 aromatic rings. The van der Waals surface area contributed by atoms with Gasteiger partial charge in [0, 0.05) is 6.42 Å². The van der Waals surface area contributed by atoms with E-state index in [4.69, 9.17) is 4.74 Å². The number of Topliss-reactive ketones (excluding diaryl/α,β-unsaturated/α-hetero) is 1. The Morgan fingerprint density at radius 1 is 1.13 bits per heavy atom. The quantitative estimate of drug-likeness (QED) is 0.697. The molecule has 9 atom stereocenters. The molecule has 3 nitrogen and oxygen atoms in total. The Bertz CT molecular complexity index is 569. The van der Waals surface area contributed by atoms with E-state index in [1.807, 2.05) is 0 Å². The molecule has 1 spiro atoms. The van der Waals surface area contributed by atoms with Gasteiger partial charge in [0.25, 0.3) is 0 Å². The van der Waals surface area contributed by atoms with Crippen LogP contribution >= 0.6 is 0 Å². The van der Waals surface area contributed by atoms with Crippen LogP contribution in [-0.2, 0) is 9.53 Å². The van der Waals surface area contributed by atoms with Crippen LogP contribution < -0.4 is 0 Å². The molecule has 3 heteroatoms. The number of carbonyl (C=O) groups is 1. The van der Waals surface area contributed by atoms with Gasteiger partial charge in [0.1, 0.15) is 11.7 Å². The predicted octanol–water partition coefficient (Wildman–Crippen LogP) is 3.34. The maximum atomic E-state index is 12.1. The lowest BCUT2D eigenvalue weighted by Gasteiger charge is -2.58. The maximum absolute atomic E-state index is 12.1. The van der Waals surface area contributed by atoms with Crippen LogP contribution in [0.25, 0.3) is 0 Å². The topological polar surface area (TPSA) is 49.8 Å². The van der Waals surface area contributed by atoms with Crippen LogP contribution in [0.2, 0.25) is 0 Å². The maximum Gasteiger partial charge on any atom is 0.164 e. The van der Waals surface area contributed by atoms with Gasteiger partial charge in [-0.2, -0.15) is 0 Å². The lowest BCUT2D eigenvalue weighted by molar-refractivity contribution is -0.138. The van der Waals surface area contributed by atoms with E-state index in [0.29, 0.717) is 29.5 Å². The van der Waals surface area contributed by atoms with Gasteiger partial charge in [-0.05, 0) is 80.5 Å². The summed E-state index contributed by atoms with van der Waals surface area (Å²) < 4.78 is 6.08. The van der Waals surface area contributed by atoms with Gasteiger partial charge in [0.15, 0.2) is 5.78 Å². The average molecular weight is 318 g/mol. The Kier molecular flexibility index (Phi) is 2.73. The molecule has 1 heterocycles. The van der Waals surface area contributed by atoms with Crippen molar-refractivity contribution >= 4 is 5.78 Å². The Hall–Kier alpha value is -0.410. The fraction of sp³-hybridized carbons (Fsp3) is 0.950. The highest BCUT2D eigenvalue weighted by molar-refractivity contribution is 5.88. The van der Waals surface area contributed by atoms with Crippen LogP contribution in [0.1, 0.15) is 65.7 Å². The minimum absolute atomic E-state index is 0.0651. The third-order valence-corrected chi connectivity index (χ3v) is 9.11. The van der Waals surface area contributed by atoms with Crippen LogP contribution in [-0.4, -0.2) is 28.2 Å². The third kappa shape index (κ3) is 1.62. The zero-order chi connectivity index (χ0) is 16.2. The number of fused-ring (bicyclic) bond motifs is 4. The first kappa shape index (κ1) is 14.9. The highest BCUT2D eigenvalue weighted by Crippen LogP contribution is 2.70. The summed E-state index contributed by atoms with van der Waals surface area (Å²) in [6.45, 7) is 6.81. The Morgan fingerprint density at radius 2 is 1.91 bits per heavy atom. The second-order valence-corrected chi connectivity index (χ2v) is 9.86. The molecule has 0 aromatic heterocycles. The van der Waals surface area contributed by atoms with Crippen LogP contribution in [0, 0.1) is 35.0 Å². The fourth-order valence-electron chi connectivity index (χ4n) is 7.76. The van der Waals surface area contributed by atoms with Gasteiger partial charge in [-0.25, -0.2) is 0 Å². The summed E-state index contributed by atoms with van der Waals surface area (Å²) in [6, 6.07) is 0. The second kappa shape index (κ2) is 4.22. The lowest BCUT2D eigenvalue weighted by Crippen LogP contribution is -2.57. The molecule has 5 fully saturated rings. The summed E-state index contributed by atoms with van der Waals surface area (Å²) in [6.07, 6.45) is 7.28. The van der Waals surface area contributed by atoms with Gasteiger partial charge in [0.05, 0.1) is 5.60 Å². The molecule has 0 unspecified atom stereocenters. The number of ketones is 1. The standard InChI is InChI=1S/C20H30O3/c1-11-10-20-13(4-5-15(21)17(20)23-20)12-6-8-18(2)14(16(11)12)7-9-19(18,3)22/h11-14,16-17,22H,4-10H2,1-3H3/t11-,12+,13+,14+,16-,17+,18+,19+,20-/m1/s1. The number of rotatable bonds is 0. The summed E-state index contributed by atoms with van der Waals surface area (Å²) in [5.74, 6) is 3.65. The lowest BCUT2D eigenvalue weighted by atomic mass is 9.47. The molecular formula is C20H30O3. The van der Waals surface area contributed by atoms with E-state index in [2.05, 4.69) is 20.8 Å². The van der Waals surface area contributed by atoms with Crippen molar-refractivity contribution in [3.05, 3.63) is 0 Å². The van der Waals surface area contributed by atoms with Crippen LogP contribution in [0.15, 0.2) is 0 Å². The molecule has 0 amide bonds. The van der Waals surface area contributed by atoms with E-state index in [9.17, 15) is 9.90 Å². The van der Waals surface area contributed by atoms with Crippen molar-refractivity contribution in [3.8, 4) is 0 Å². The number of epoxide rings is 1.